The Hall–Kier alpha value is -2.02. The third-order valence-corrected chi connectivity index (χ3v) is 5.01. The van der Waals surface area contributed by atoms with Crippen molar-refractivity contribution in [1.82, 2.24) is 9.55 Å². The van der Waals surface area contributed by atoms with Gasteiger partial charge in [0.05, 0.1) is 17.7 Å². The highest BCUT2D eigenvalue weighted by molar-refractivity contribution is 7.98. The lowest BCUT2D eigenvalue weighted by molar-refractivity contribution is -0.384. The number of ether oxygens (including phenoxy) is 1. The molecule has 0 spiro atoms. The molecule has 0 unspecified atom stereocenters. The molecule has 2 aromatic rings. The van der Waals surface area contributed by atoms with Crippen LogP contribution in [0, 0.1) is 24.0 Å². The normalized spacial score (nSPS) is 10.8. The maximum atomic E-state index is 11.0. The highest BCUT2D eigenvalue weighted by Gasteiger charge is 2.15. The van der Waals surface area contributed by atoms with Gasteiger partial charge < -0.3 is 9.30 Å². The van der Waals surface area contributed by atoms with Crippen LogP contribution in [0.4, 0.5) is 5.69 Å². The van der Waals surface area contributed by atoms with Crippen LogP contribution in [-0.2, 0) is 12.3 Å². The number of benzene rings is 1. The molecule has 7 heteroatoms. The molecule has 1 aromatic carbocycles. The first-order chi connectivity index (χ1) is 11.5. The lowest BCUT2D eigenvalue weighted by atomic mass is 10.2. The average molecular weight is 349 g/mol. The molecule has 0 radical (unpaired) electrons. The third kappa shape index (κ3) is 4.08. The van der Waals surface area contributed by atoms with Gasteiger partial charge in [-0.2, -0.15) is 0 Å². The Morgan fingerprint density at radius 2 is 2.12 bits per heavy atom. The summed E-state index contributed by atoms with van der Waals surface area (Å²) in [6.07, 6.45) is 2.23. The summed E-state index contributed by atoms with van der Waals surface area (Å²) in [5.41, 5.74) is 3.08. The summed E-state index contributed by atoms with van der Waals surface area (Å²) in [4.78, 5) is 15.2. The van der Waals surface area contributed by atoms with E-state index in [0.717, 1.165) is 35.8 Å². The lowest BCUT2D eigenvalue weighted by Crippen LogP contribution is -2.02. The monoisotopic (exact) mass is 349 g/mol. The maximum absolute atomic E-state index is 11.0. The number of aromatic nitrogens is 2. The minimum atomic E-state index is -0.385. The molecule has 2 rings (SSSR count). The first kappa shape index (κ1) is 18.3. The van der Waals surface area contributed by atoms with E-state index in [1.807, 2.05) is 6.92 Å². The molecule has 0 fully saturated rings. The Morgan fingerprint density at radius 3 is 2.75 bits per heavy atom. The van der Waals surface area contributed by atoms with E-state index in [2.05, 4.69) is 23.4 Å². The molecule has 1 heterocycles. The van der Waals surface area contributed by atoms with E-state index in [0.29, 0.717) is 11.5 Å². The first-order valence-electron chi connectivity index (χ1n) is 7.95. The summed E-state index contributed by atoms with van der Waals surface area (Å²) in [5.74, 6) is 1.24. The van der Waals surface area contributed by atoms with E-state index in [1.54, 1.807) is 31.0 Å². The van der Waals surface area contributed by atoms with Gasteiger partial charge in [0.15, 0.2) is 5.16 Å². The zero-order valence-electron chi connectivity index (χ0n) is 14.5. The fourth-order valence-electron chi connectivity index (χ4n) is 2.45. The van der Waals surface area contributed by atoms with Gasteiger partial charge in [0, 0.05) is 35.7 Å². The van der Waals surface area contributed by atoms with Crippen LogP contribution in [0.25, 0.3) is 0 Å². The van der Waals surface area contributed by atoms with Crippen LogP contribution in [0.2, 0.25) is 0 Å². The predicted octanol–water partition coefficient (Wildman–Crippen LogP) is 4.51. The van der Waals surface area contributed by atoms with Gasteiger partial charge in [-0.15, -0.1) is 0 Å². The van der Waals surface area contributed by atoms with Crippen LogP contribution in [0.15, 0.2) is 23.4 Å². The molecular formula is C17H23N3O3S. The number of imidazole rings is 1. The molecule has 0 saturated heterocycles. The summed E-state index contributed by atoms with van der Waals surface area (Å²) in [6.45, 7) is 7.20. The van der Waals surface area contributed by atoms with Crippen molar-refractivity contribution in [1.29, 1.82) is 0 Å². The van der Waals surface area contributed by atoms with E-state index >= 15 is 0 Å². The number of non-ortho nitro benzene ring substituents is 1. The standard InChI is InChI=1S/C17H23N3O3S/c1-5-6-9-19-13(3)12(2)18-17(19)24-11-14-10-15(20(21)22)7-8-16(14)23-4/h7-8,10H,5-6,9,11H2,1-4H3. The van der Waals surface area contributed by atoms with Crippen LogP contribution in [0.5, 0.6) is 5.75 Å². The quantitative estimate of drug-likeness (QED) is 0.398. The van der Waals surface area contributed by atoms with E-state index in [-0.39, 0.29) is 10.6 Å². The van der Waals surface area contributed by atoms with Crippen LogP contribution in [0.3, 0.4) is 0 Å². The topological polar surface area (TPSA) is 70.2 Å². The summed E-state index contributed by atoms with van der Waals surface area (Å²) >= 11 is 1.58. The zero-order valence-corrected chi connectivity index (χ0v) is 15.4. The number of thioether (sulfide) groups is 1. The summed E-state index contributed by atoms with van der Waals surface area (Å²) in [5, 5.41) is 11.9. The number of rotatable bonds is 8. The highest BCUT2D eigenvalue weighted by atomic mass is 32.2. The minimum absolute atomic E-state index is 0.0769. The van der Waals surface area contributed by atoms with Crippen molar-refractivity contribution >= 4 is 17.4 Å². The van der Waals surface area contributed by atoms with Gasteiger partial charge in [-0.1, -0.05) is 25.1 Å². The van der Waals surface area contributed by atoms with Crippen molar-refractivity contribution in [3.05, 3.63) is 45.3 Å². The second-order valence-electron chi connectivity index (χ2n) is 5.61. The Labute approximate surface area is 146 Å². The Morgan fingerprint density at radius 1 is 1.38 bits per heavy atom. The molecule has 0 bridgehead atoms. The van der Waals surface area contributed by atoms with Crippen molar-refractivity contribution in [2.24, 2.45) is 0 Å². The average Bonchev–Trinajstić information content (AvgIpc) is 2.84. The molecule has 24 heavy (non-hydrogen) atoms. The Bertz CT molecular complexity index is 728. The number of unbranched alkanes of at least 4 members (excludes halogenated alkanes) is 1. The molecule has 130 valence electrons. The summed E-state index contributed by atoms with van der Waals surface area (Å²) < 4.78 is 7.56. The molecule has 0 atom stereocenters. The molecular weight excluding hydrogens is 326 g/mol. The fourth-order valence-corrected chi connectivity index (χ4v) is 3.54. The third-order valence-electron chi connectivity index (χ3n) is 3.99. The lowest BCUT2D eigenvalue weighted by Gasteiger charge is -2.11. The number of hydrogen-bond donors (Lipinski definition) is 0. The first-order valence-corrected chi connectivity index (χ1v) is 8.94. The van der Waals surface area contributed by atoms with Crippen LogP contribution in [0.1, 0.15) is 36.7 Å². The molecule has 0 aliphatic carbocycles. The van der Waals surface area contributed by atoms with Crippen LogP contribution < -0.4 is 4.74 Å². The molecule has 0 aliphatic rings. The molecule has 0 amide bonds. The van der Waals surface area contributed by atoms with E-state index in [9.17, 15) is 10.1 Å². The summed E-state index contributed by atoms with van der Waals surface area (Å²) in [7, 11) is 1.58. The Balaban J connectivity index is 2.23. The van der Waals surface area contributed by atoms with E-state index in [1.165, 1.54) is 11.8 Å². The minimum Gasteiger partial charge on any atom is -0.496 e. The number of hydrogen-bond acceptors (Lipinski definition) is 5. The number of nitro groups is 1. The molecule has 0 aliphatic heterocycles. The van der Waals surface area contributed by atoms with E-state index < -0.39 is 0 Å². The zero-order chi connectivity index (χ0) is 17.7. The summed E-state index contributed by atoms with van der Waals surface area (Å²) in [6, 6.07) is 4.68. The van der Waals surface area contributed by atoms with Gasteiger partial charge in [-0.25, -0.2) is 4.98 Å². The van der Waals surface area contributed by atoms with Gasteiger partial charge >= 0.3 is 0 Å². The number of methoxy groups -OCH3 is 1. The second kappa shape index (κ2) is 8.19. The second-order valence-corrected chi connectivity index (χ2v) is 6.55. The van der Waals surface area contributed by atoms with Crippen LogP contribution >= 0.6 is 11.8 Å². The fraction of sp³-hybridized carbons (Fsp3) is 0.471. The van der Waals surface area contributed by atoms with Gasteiger partial charge in [0.2, 0.25) is 0 Å². The number of nitrogens with zero attached hydrogens (tertiary/aromatic N) is 3. The van der Waals surface area contributed by atoms with Crippen LogP contribution in [-0.4, -0.2) is 21.6 Å². The number of nitro benzene ring substituents is 1. The molecule has 6 nitrogen and oxygen atoms in total. The van der Waals surface area contributed by atoms with Crippen molar-refractivity contribution in [3.8, 4) is 5.75 Å². The van der Waals surface area contributed by atoms with E-state index in [4.69, 9.17) is 4.74 Å². The largest absolute Gasteiger partial charge is 0.496 e. The molecule has 0 saturated carbocycles. The number of aryl methyl sites for hydroxylation is 1. The van der Waals surface area contributed by atoms with Crippen molar-refractivity contribution in [2.75, 3.05) is 7.11 Å². The Kier molecular flexibility index (Phi) is 6.25. The van der Waals surface area contributed by atoms with Gasteiger partial charge in [-0.05, 0) is 26.3 Å². The molecule has 0 N–H and O–H groups in total. The van der Waals surface area contributed by atoms with Gasteiger partial charge in [0.1, 0.15) is 5.75 Å². The SMILES string of the molecule is CCCCn1c(SCc2cc([N+](=O)[O-])ccc2OC)nc(C)c1C. The smallest absolute Gasteiger partial charge is 0.270 e. The maximum Gasteiger partial charge on any atom is 0.270 e. The van der Waals surface area contributed by atoms with Gasteiger partial charge in [-0.3, -0.25) is 10.1 Å². The van der Waals surface area contributed by atoms with Crippen molar-refractivity contribution < 1.29 is 9.66 Å². The predicted molar refractivity (Wildman–Crippen MR) is 95.8 cm³/mol. The molecule has 1 aromatic heterocycles. The van der Waals surface area contributed by atoms with Crippen molar-refractivity contribution in [2.45, 2.75) is 51.1 Å². The highest BCUT2D eigenvalue weighted by Crippen LogP contribution is 2.31. The van der Waals surface area contributed by atoms with Gasteiger partial charge in [0.25, 0.3) is 5.69 Å². The van der Waals surface area contributed by atoms with Crippen molar-refractivity contribution in [3.63, 3.8) is 0 Å².